The molecule has 0 heterocycles. The lowest BCUT2D eigenvalue weighted by Crippen LogP contribution is -2.14. The van der Waals surface area contributed by atoms with Gasteiger partial charge in [-0.15, -0.1) is 0 Å². The molecule has 0 radical (unpaired) electrons. The van der Waals surface area contributed by atoms with Gasteiger partial charge in [0, 0.05) is 12.1 Å². The summed E-state index contributed by atoms with van der Waals surface area (Å²) in [5.41, 5.74) is 1.11. The molecule has 0 saturated heterocycles. The van der Waals surface area contributed by atoms with Crippen LogP contribution in [0.25, 0.3) is 0 Å². The number of nitrogens with one attached hydrogen (secondary N) is 1. The van der Waals surface area contributed by atoms with E-state index in [9.17, 15) is 9.59 Å². The maximum atomic E-state index is 12.7. The first-order chi connectivity index (χ1) is 14.5. The predicted molar refractivity (Wildman–Crippen MR) is 117 cm³/mol. The van der Waals surface area contributed by atoms with Crippen LogP contribution in [0.2, 0.25) is 0 Å². The molecule has 6 heteroatoms. The van der Waals surface area contributed by atoms with E-state index in [1.807, 2.05) is 24.3 Å². The van der Waals surface area contributed by atoms with Crippen LogP contribution < -0.4 is 14.8 Å². The van der Waals surface area contributed by atoms with Crippen molar-refractivity contribution in [3.8, 4) is 11.5 Å². The van der Waals surface area contributed by atoms with Crippen LogP contribution in [0, 0.1) is 5.92 Å². The van der Waals surface area contributed by atoms with Gasteiger partial charge in [-0.3, -0.25) is 9.59 Å². The molecule has 162 valence electrons. The zero-order chi connectivity index (χ0) is 21.8. The number of esters is 1. The molecule has 0 fully saturated rings. The fourth-order valence-corrected chi connectivity index (χ4v) is 2.66. The second-order valence-electron chi connectivity index (χ2n) is 7.26. The molecule has 0 bridgehead atoms. The number of hydrogen-bond donors (Lipinski definition) is 1. The molecule has 30 heavy (non-hydrogen) atoms. The Balaban J connectivity index is 1.88. The van der Waals surface area contributed by atoms with E-state index in [4.69, 9.17) is 14.2 Å². The minimum atomic E-state index is -0.260. The molecule has 0 aliphatic rings. The van der Waals surface area contributed by atoms with Crippen molar-refractivity contribution in [2.45, 2.75) is 40.0 Å². The molecule has 1 N–H and O–H groups in total. The smallest absolute Gasteiger partial charge is 0.305 e. The van der Waals surface area contributed by atoms with Crippen molar-refractivity contribution in [3.63, 3.8) is 0 Å². The molecule has 6 nitrogen and oxygen atoms in total. The van der Waals surface area contributed by atoms with Crippen LogP contribution >= 0.6 is 0 Å². The summed E-state index contributed by atoms with van der Waals surface area (Å²) in [6, 6.07) is 14.3. The lowest BCUT2D eigenvalue weighted by molar-refractivity contribution is -0.143. The van der Waals surface area contributed by atoms with Crippen molar-refractivity contribution in [3.05, 3.63) is 54.1 Å². The largest absolute Gasteiger partial charge is 0.494 e. The first-order valence-corrected chi connectivity index (χ1v) is 10.4. The van der Waals surface area contributed by atoms with E-state index in [2.05, 4.69) is 19.2 Å². The molecular weight excluding hydrogens is 382 g/mol. The van der Waals surface area contributed by atoms with Gasteiger partial charge in [0.25, 0.3) is 5.91 Å². The fraction of sp³-hybridized carbons (Fsp3) is 0.417. The highest BCUT2D eigenvalue weighted by Gasteiger charge is 2.13. The maximum Gasteiger partial charge on any atom is 0.305 e. The second-order valence-corrected chi connectivity index (χ2v) is 7.26. The van der Waals surface area contributed by atoms with Gasteiger partial charge in [-0.2, -0.15) is 0 Å². The molecule has 0 atom stereocenters. The summed E-state index contributed by atoms with van der Waals surface area (Å²) in [7, 11) is 0. The van der Waals surface area contributed by atoms with Crippen LogP contribution in [0.5, 0.6) is 11.5 Å². The van der Waals surface area contributed by atoms with Gasteiger partial charge in [-0.1, -0.05) is 26.0 Å². The lowest BCUT2D eigenvalue weighted by Gasteiger charge is -2.12. The van der Waals surface area contributed by atoms with E-state index in [0.29, 0.717) is 49.2 Å². The molecule has 2 aromatic carbocycles. The monoisotopic (exact) mass is 413 g/mol. The minimum absolute atomic E-state index is 0.247. The standard InChI is InChI=1S/C24H31NO5/c1-4-28-23(26)10-7-16-30-22-9-6-5-8-21(22)24(27)25-19-11-13-20(14-12-19)29-17-15-18(2)3/h5-6,8-9,11-14,18H,4,7,10,15-17H2,1-3H3,(H,25,27). The molecule has 0 saturated carbocycles. The molecule has 0 aliphatic carbocycles. The Labute approximate surface area is 178 Å². The molecule has 0 spiro atoms. The highest BCUT2D eigenvalue weighted by Crippen LogP contribution is 2.21. The number of amides is 1. The molecule has 2 aromatic rings. The van der Waals surface area contributed by atoms with Gasteiger partial charge in [0.05, 0.1) is 25.4 Å². The number of para-hydroxylation sites is 1. The summed E-state index contributed by atoms with van der Waals surface area (Å²) >= 11 is 0. The van der Waals surface area contributed by atoms with Crippen LogP contribution in [0.15, 0.2) is 48.5 Å². The van der Waals surface area contributed by atoms with Gasteiger partial charge in [0.2, 0.25) is 0 Å². The Bertz CT molecular complexity index is 801. The normalized spacial score (nSPS) is 10.5. The van der Waals surface area contributed by atoms with Crippen LogP contribution in [0.3, 0.4) is 0 Å². The topological polar surface area (TPSA) is 73.9 Å². The summed E-state index contributed by atoms with van der Waals surface area (Å²) in [6.45, 7) is 7.45. The zero-order valence-corrected chi connectivity index (χ0v) is 18.0. The van der Waals surface area contributed by atoms with E-state index in [-0.39, 0.29) is 18.3 Å². The summed E-state index contributed by atoms with van der Waals surface area (Å²) in [5, 5.41) is 2.88. The van der Waals surface area contributed by atoms with E-state index in [1.54, 1.807) is 31.2 Å². The summed E-state index contributed by atoms with van der Waals surface area (Å²) in [4.78, 5) is 24.1. The molecule has 0 unspecified atom stereocenters. The average molecular weight is 414 g/mol. The third-order valence-electron chi connectivity index (χ3n) is 4.30. The van der Waals surface area contributed by atoms with Gasteiger partial charge in [0.1, 0.15) is 11.5 Å². The number of anilines is 1. The third-order valence-corrected chi connectivity index (χ3v) is 4.30. The summed E-state index contributed by atoms with van der Waals surface area (Å²) in [5.74, 6) is 1.34. The summed E-state index contributed by atoms with van der Waals surface area (Å²) < 4.78 is 16.3. The quantitative estimate of drug-likeness (QED) is 0.388. The van der Waals surface area contributed by atoms with Crippen molar-refractivity contribution in [2.75, 3.05) is 25.1 Å². The van der Waals surface area contributed by atoms with E-state index in [1.165, 1.54) is 0 Å². The van der Waals surface area contributed by atoms with Crippen molar-refractivity contribution < 1.29 is 23.8 Å². The van der Waals surface area contributed by atoms with Crippen molar-refractivity contribution in [1.29, 1.82) is 0 Å². The van der Waals surface area contributed by atoms with E-state index in [0.717, 1.165) is 12.2 Å². The SMILES string of the molecule is CCOC(=O)CCCOc1ccccc1C(=O)Nc1ccc(OCCC(C)C)cc1. The Morgan fingerprint density at radius 3 is 2.40 bits per heavy atom. The maximum absolute atomic E-state index is 12.7. The van der Waals surface area contributed by atoms with Gasteiger partial charge < -0.3 is 19.5 Å². The minimum Gasteiger partial charge on any atom is -0.494 e. The fourth-order valence-electron chi connectivity index (χ4n) is 2.66. The van der Waals surface area contributed by atoms with Gasteiger partial charge in [-0.05, 0) is 62.1 Å². The van der Waals surface area contributed by atoms with Crippen LogP contribution in [0.4, 0.5) is 5.69 Å². The van der Waals surface area contributed by atoms with E-state index < -0.39 is 0 Å². The molecular formula is C24H31NO5. The molecule has 0 aliphatic heterocycles. The van der Waals surface area contributed by atoms with Crippen LogP contribution in [-0.4, -0.2) is 31.7 Å². The number of ether oxygens (including phenoxy) is 3. The Hall–Kier alpha value is -3.02. The number of carbonyl (C=O) groups excluding carboxylic acids is 2. The van der Waals surface area contributed by atoms with Crippen molar-refractivity contribution in [2.24, 2.45) is 5.92 Å². The van der Waals surface area contributed by atoms with Gasteiger partial charge >= 0.3 is 5.97 Å². The van der Waals surface area contributed by atoms with Crippen molar-refractivity contribution in [1.82, 2.24) is 0 Å². The Morgan fingerprint density at radius 2 is 1.70 bits per heavy atom. The molecule has 1 amide bonds. The highest BCUT2D eigenvalue weighted by molar-refractivity contribution is 6.06. The van der Waals surface area contributed by atoms with Gasteiger partial charge in [0.15, 0.2) is 0 Å². The predicted octanol–water partition coefficient (Wildman–Crippen LogP) is 5.09. The van der Waals surface area contributed by atoms with Crippen molar-refractivity contribution >= 4 is 17.6 Å². The number of hydrogen-bond acceptors (Lipinski definition) is 5. The molecule has 0 aromatic heterocycles. The van der Waals surface area contributed by atoms with Crippen LogP contribution in [-0.2, 0) is 9.53 Å². The highest BCUT2D eigenvalue weighted by atomic mass is 16.5. The second kappa shape index (κ2) is 12.5. The first kappa shape index (κ1) is 23.3. The Kier molecular flexibility index (Phi) is 9.71. The third kappa shape index (κ3) is 8.15. The zero-order valence-electron chi connectivity index (χ0n) is 18.0. The number of rotatable bonds is 12. The van der Waals surface area contributed by atoms with Gasteiger partial charge in [-0.25, -0.2) is 0 Å². The summed E-state index contributed by atoms with van der Waals surface area (Å²) in [6.07, 6.45) is 1.80. The van der Waals surface area contributed by atoms with E-state index >= 15 is 0 Å². The lowest BCUT2D eigenvalue weighted by atomic mass is 10.1. The average Bonchev–Trinajstić information content (AvgIpc) is 2.73. The first-order valence-electron chi connectivity index (χ1n) is 10.4. The number of benzene rings is 2. The Morgan fingerprint density at radius 1 is 0.967 bits per heavy atom. The number of carbonyl (C=O) groups is 2. The van der Waals surface area contributed by atoms with Crippen LogP contribution in [0.1, 0.15) is 50.4 Å². The molecule has 2 rings (SSSR count).